The van der Waals surface area contributed by atoms with Crippen molar-refractivity contribution in [1.82, 2.24) is 14.7 Å². The fourth-order valence-electron chi connectivity index (χ4n) is 2.90. The van der Waals surface area contributed by atoms with Gasteiger partial charge in [-0.3, -0.25) is 4.79 Å². The maximum Gasteiger partial charge on any atom is 0.221 e. The summed E-state index contributed by atoms with van der Waals surface area (Å²) in [7, 11) is 0. The van der Waals surface area contributed by atoms with E-state index >= 15 is 0 Å². The highest BCUT2D eigenvalue weighted by Crippen LogP contribution is 2.22. The number of hydrogen-bond acceptors (Lipinski definition) is 6. The number of unbranched alkanes of at least 4 members (excludes halogenated alkanes) is 1. The number of aryl methyl sites for hydroxylation is 1. The Balaban J connectivity index is 1.64. The monoisotopic (exact) mass is 412 g/mol. The summed E-state index contributed by atoms with van der Waals surface area (Å²) in [5.41, 5.74) is 2.43. The minimum Gasteiger partial charge on any atom is -0.467 e. The van der Waals surface area contributed by atoms with Crippen molar-refractivity contribution in [3.63, 3.8) is 0 Å². The van der Waals surface area contributed by atoms with Gasteiger partial charge >= 0.3 is 0 Å². The second kappa shape index (κ2) is 10.8. The van der Waals surface area contributed by atoms with E-state index in [9.17, 15) is 4.79 Å². The first-order valence-electron chi connectivity index (χ1n) is 10.1. The van der Waals surface area contributed by atoms with Gasteiger partial charge in [-0.1, -0.05) is 43.2 Å². The minimum absolute atomic E-state index is 0.0623. The molecule has 0 bridgehead atoms. The lowest BCUT2D eigenvalue weighted by Gasteiger charge is -2.20. The predicted octanol–water partition coefficient (Wildman–Crippen LogP) is 4.34. The van der Waals surface area contributed by atoms with E-state index in [0.29, 0.717) is 25.9 Å². The number of carbonyl (C=O) groups is 1. The van der Waals surface area contributed by atoms with E-state index in [1.807, 2.05) is 12.1 Å². The summed E-state index contributed by atoms with van der Waals surface area (Å²) in [4.78, 5) is 18.9. The number of furan rings is 1. The van der Waals surface area contributed by atoms with Gasteiger partial charge in [-0.25, -0.2) is 4.98 Å². The molecular formula is C22H28N4O2S. The third kappa shape index (κ3) is 6.71. The molecule has 0 aliphatic carbocycles. The molecule has 3 rings (SSSR count). The van der Waals surface area contributed by atoms with Crippen molar-refractivity contribution in [2.75, 3.05) is 18.0 Å². The van der Waals surface area contributed by atoms with Crippen molar-refractivity contribution in [3.05, 3.63) is 65.4 Å². The van der Waals surface area contributed by atoms with Gasteiger partial charge in [0.1, 0.15) is 11.6 Å². The van der Waals surface area contributed by atoms with Crippen molar-refractivity contribution >= 4 is 22.6 Å². The van der Waals surface area contributed by atoms with Crippen molar-refractivity contribution in [2.45, 2.75) is 46.1 Å². The van der Waals surface area contributed by atoms with Crippen molar-refractivity contribution in [3.8, 4) is 0 Å². The SMILES string of the molecule is CCCCNC(=O)CCN(Cc1ccco1)c1nc(Cc2ccc(C)cc2)ns1. The van der Waals surface area contributed by atoms with Crippen LogP contribution in [0.25, 0.3) is 0 Å². The Kier molecular flexibility index (Phi) is 7.81. The van der Waals surface area contributed by atoms with Crippen LogP contribution >= 0.6 is 11.5 Å². The van der Waals surface area contributed by atoms with Gasteiger partial charge in [0, 0.05) is 37.5 Å². The first-order valence-corrected chi connectivity index (χ1v) is 10.8. The molecule has 1 amide bonds. The normalized spacial score (nSPS) is 10.8. The molecule has 29 heavy (non-hydrogen) atoms. The van der Waals surface area contributed by atoms with E-state index in [-0.39, 0.29) is 5.91 Å². The summed E-state index contributed by atoms with van der Waals surface area (Å²) < 4.78 is 10.0. The van der Waals surface area contributed by atoms with Gasteiger partial charge in [-0.15, -0.1) is 0 Å². The van der Waals surface area contributed by atoms with Crippen LogP contribution in [0.3, 0.4) is 0 Å². The molecule has 6 nitrogen and oxygen atoms in total. The smallest absolute Gasteiger partial charge is 0.221 e. The highest BCUT2D eigenvalue weighted by molar-refractivity contribution is 7.09. The summed E-state index contributed by atoms with van der Waals surface area (Å²) in [6, 6.07) is 12.2. The van der Waals surface area contributed by atoms with E-state index in [4.69, 9.17) is 9.40 Å². The zero-order valence-electron chi connectivity index (χ0n) is 17.1. The molecule has 0 radical (unpaired) electrons. The first-order chi connectivity index (χ1) is 14.1. The lowest BCUT2D eigenvalue weighted by atomic mass is 10.1. The van der Waals surface area contributed by atoms with Crippen LogP contribution in [0.5, 0.6) is 0 Å². The Hall–Kier alpha value is -2.67. The molecule has 0 saturated carbocycles. The van der Waals surface area contributed by atoms with Gasteiger partial charge in [0.25, 0.3) is 0 Å². The summed E-state index contributed by atoms with van der Waals surface area (Å²) in [5, 5.41) is 3.78. The second-order valence-corrected chi connectivity index (χ2v) is 7.84. The number of anilines is 1. The van der Waals surface area contributed by atoms with Crippen molar-refractivity contribution in [2.24, 2.45) is 0 Å². The lowest BCUT2D eigenvalue weighted by molar-refractivity contribution is -0.120. The van der Waals surface area contributed by atoms with E-state index in [2.05, 4.69) is 52.7 Å². The largest absolute Gasteiger partial charge is 0.467 e. The molecule has 0 aliphatic rings. The molecule has 7 heteroatoms. The van der Waals surface area contributed by atoms with Gasteiger partial charge in [0.15, 0.2) is 0 Å². The highest BCUT2D eigenvalue weighted by atomic mass is 32.1. The molecule has 0 spiro atoms. The van der Waals surface area contributed by atoms with Gasteiger partial charge in [0.2, 0.25) is 11.0 Å². The van der Waals surface area contributed by atoms with E-state index in [1.165, 1.54) is 22.7 Å². The number of carbonyl (C=O) groups excluding carboxylic acids is 1. The summed E-state index contributed by atoms with van der Waals surface area (Å²) in [6.07, 6.45) is 4.84. The number of nitrogens with zero attached hydrogens (tertiary/aromatic N) is 3. The molecule has 1 N–H and O–H groups in total. The van der Waals surface area contributed by atoms with Crippen LogP contribution in [0.1, 0.15) is 48.9 Å². The van der Waals surface area contributed by atoms with Gasteiger partial charge in [-0.2, -0.15) is 4.37 Å². The van der Waals surface area contributed by atoms with Crippen molar-refractivity contribution in [1.29, 1.82) is 0 Å². The minimum atomic E-state index is 0.0623. The van der Waals surface area contributed by atoms with Gasteiger partial charge in [0.05, 0.1) is 12.8 Å². The van der Waals surface area contributed by atoms with Crippen molar-refractivity contribution < 1.29 is 9.21 Å². The number of amides is 1. The van der Waals surface area contributed by atoms with Crippen LogP contribution in [0.2, 0.25) is 0 Å². The Morgan fingerprint density at radius 1 is 1.24 bits per heavy atom. The van der Waals surface area contributed by atoms with Crippen LogP contribution < -0.4 is 10.2 Å². The van der Waals surface area contributed by atoms with Crippen LogP contribution in [0.15, 0.2) is 47.1 Å². The Labute approximate surface area is 176 Å². The van der Waals surface area contributed by atoms with Gasteiger partial charge < -0.3 is 14.6 Å². The molecular weight excluding hydrogens is 384 g/mol. The third-order valence-electron chi connectivity index (χ3n) is 4.60. The standard InChI is InChI=1S/C22H28N4O2S/c1-3-4-12-23-21(27)11-13-26(16-19-6-5-14-28-19)22-24-20(25-29-22)15-18-9-7-17(2)8-10-18/h5-10,14H,3-4,11-13,15-16H2,1-2H3,(H,23,27). The average Bonchev–Trinajstić information content (AvgIpc) is 3.39. The zero-order valence-corrected chi connectivity index (χ0v) is 17.9. The maximum atomic E-state index is 12.1. The molecule has 2 aromatic heterocycles. The molecule has 3 aromatic rings. The fraction of sp³-hybridized carbons (Fsp3) is 0.409. The van der Waals surface area contributed by atoms with Crippen LogP contribution in [0, 0.1) is 6.92 Å². The molecule has 0 fully saturated rings. The molecule has 2 heterocycles. The summed E-state index contributed by atoms with van der Waals surface area (Å²) in [5.74, 6) is 1.70. The Bertz CT molecular complexity index is 875. The van der Waals surface area contributed by atoms with E-state index < -0.39 is 0 Å². The Morgan fingerprint density at radius 3 is 2.79 bits per heavy atom. The topological polar surface area (TPSA) is 71.3 Å². The highest BCUT2D eigenvalue weighted by Gasteiger charge is 2.16. The van der Waals surface area contributed by atoms with Gasteiger partial charge in [-0.05, 0) is 31.0 Å². The second-order valence-electron chi connectivity index (χ2n) is 7.11. The molecule has 154 valence electrons. The number of nitrogens with one attached hydrogen (secondary N) is 1. The number of aromatic nitrogens is 2. The molecule has 0 atom stereocenters. The molecule has 0 aliphatic heterocycles. The third-order valence-corrected chi connectivity index (χ3v) is 5.41. The quantitative estimate of drug-likeness (QED) is 0.474. The molecule has 1 aromatic carbocycles. The lowest BCUT2D eigenvalue weighted by Crippen LogP contribution is -2.31. The number of benzene rings is 1. The number of rotatable bonds is 11. The molecule has 0 unspecified atom stereocenters. The average molecular weight is 413 g/mol. The van der Waals surface area contributed by atoms with Crippen LogP contribution in [-0.2, 0) is 17.8 Å². The number of hydrogen-bond donors (Lipinski definition) is 1. The first kappa shape index (κ1) is 21.0. The predicted molar refractivity (Wildman–Crippen MR) is 116 cm³/mol. The maximum absolute atomic E-state index is 12.1. The molecule has 0 saturated heterocycles. The van der Waals surface area contributed by atoms with E-state index in [1.54, 1.807) is 6.26 Å². The fourth-order valence-corrected chi connectivity index (χ4v) is 3.61. The zero-order chi connectivity index (χ0) is 20.5. The Morgan fingerprint density at radius 2 is 2.07 bits per heavy atom. The summed E-state index contributed by atoms with van der Waals surface area (Å²) in [6.45, 7) is 6.05. The van der Waals surface area contributed by atoms with Crippen LogP contribution in [-0.4, -0.2) is 28.4 Å². The summed E-state index contributed by atoms with van der Waals surface area (Å²) >= 11 is 1.37. The van der Waals surface area contributed by atoms with Crippen LogP contribution in [0.4, 0.5) is 5.13 Å². The van der Waals surface area contributed by atoms with E-state index in [0.717, 1.165) is 36.1 Å².